The van der Waals surface area contributed by atoms with Crippen molar-refractivity contribution in [1.29, 1.82) is 0 Å². The number of rotatable bonds is 2. The van der Waals surface area contributed by atoms with Crippen molar-refractivity contribution < 1.29 is 0 Å². The zero-order chi connectivity index (χ0) is 11.9. The van der Waals surface area contributed by atoms with Gasteiger partial charge in [0.15, 0.2) is 10.6 Å². The lowest BCUT2D eigenvalue weighted by molar-refractivity contribution is 0.609. The molecule has 0 aliphatic carbocycles. The molecule has 5 nitrogen and oxygen atoms in total. The van der Waals surface area contributed by atoms with Gasteiger partial charge >= 0.3 is 0 Å². The van der Waals surface area contributed by atoms with Crippen LogP contribution in [0, 0.1) is 18.6 Å². The topological polar surface area (TPSA) is 51.4 Å². The van der Waals surface area contributed by atoms with Crippen LogP contribution in [0.15, 0.2) is 4.47 Å². The summed E-state index contributed by atoms with van der Waals surface area (Å²) in [6.45, 7) is 4.60. The highest BCUT2D eigenvalue weighted by Crippen LogP contribution is 2.20. The Kier molecular flexibility index (Phi) is 2.98. The number of aromatic nitrogens is 5. The Morgan fingerprint density at radius 3 is 2.56 bits per heavy atom. The lowest BCUT2D eigenvalue weighted by Gasteiger charge is -2.03. The van der Waals surface area contributed by atoms with Crippen LogP contribution in [0.4, 0.5) is 0 Å². The average molecular weight is 302 g/mol. The average Bonchev–Trinajstić information content (AvgIpc) is 2.68. The van der Waals surface area contributed by atoms with Crippen molar-refractivity contribution in [3.05, 3.63) is 26.5 Å². The summed E-state index contributed by atoms with van der Waals surface area (Å²) in [7, 11) is 1.89. The van der Waals surface area contributed by atoms with Gasteiger partial charge in [0.25, 0.3) is 0 Å². The molecule has 0 aromatic carbocycles. The maximum absolute atomic E-state index is 5.06. The van der Waals surface area contributed by atoms with Crippen molar-refractivity contribution in [3.63, 3.8) is 0 Å². The summed E-state index contributed by atoms with van der Waals surface area (Å²) >= 11 is 8.56. The second-order valence-electron chi connectivity index (χ2n) is 3.65. The Hall–Kier alpha value is -0.950. The Bertz CT molecular complexity index is 579. The number of aryl methyl sites for hydroxylation is 1. The van der Waals surface area contributed by atoms with Gasteiger partial charge in [-0.25, -0.2) is 0 Å². The molecule has 0 unspecified atom stereocenters. The lowest BCUT2D eigenvalue weighted by Crippen LogP contribution is -2.09. The fraction of sp³-hybridized carbons (Fsp3) is 0.444. The molecule has 2 aromatic rings. The van der Waals surface area contributed by atoms with E-state index >= 15 is 0 Å². The zero-order valence-corrected chi connectivity index (χ0v) is 11.7. The van der Waals surface area contributed by atoms with Crippen LogP contribution in [0.3, 0.4) is 0 Å². The van der Waals surface area contributed by atoms with Gasteiger partial charge in [-0.05, 0) is 42.0 Å². The minimum Gasteiger partial charge on any atom is -0.306 e. The van der Waals surface area contributed by atoms with Gasteiger partial charge in [0.05, 0.1) is 15.9 Å². The maximum atomic E-state index is 5.06. The molecule has 86 valence electrons. The van der Waals surface area contributed by atoms with Crippen LogP contribution in [0.25, 0.3) is 0 Å². The Morgan fingerprint density at radius 1 is 1.44 bits per heavy atom. The third-order valence-corrected chi connectivity index (χ3v) is 4.07. The monoisotopic (exact) mass is 301 g/mol. The second kappa shape index (κ2) is 4.14. The fourth-order valence-electron chi connectivity index (χ4n) is 1.48. The van der Waals surface area contributed by atoms with E-state index in [-0.39, 0.29) is 0 Å². The smallest absolute Gasteiger partial charge is 0.194 e. The first kappa shape index (κ1) is 11.5. The number of halogens is 1. The third-order valence-electron chi connectivity index (χ3n) is 2.56. The van der Waals surface area contributed by atoms with E-state index in [0.29, 0.717) is 11.3 Å². The summed E-state index contributed by atoms with van der Waals surface area (Å²) in [5.74, 6) is 0.864. The van der Waals surface area contributed by atoms with Crippen LogP contribution in [0.2, 0.25) is 0 Å². The van der Waals surface area contributed by atoms with E-state index in [1.54, 1.807) is 0 Å². The number of nitrogens with one attached hydrogen (secondary N) is 1. The molecule has 0 saturated heterocycles. The molecule has 2 heterocycles. The Morgan fingerprint density at radius 2 is 2.12 bits per heavy atom. The molecular weight excluding hydrogens is 290 g/mol. The predicted molar refractivity (Wildman–Crippen MR) is 66.9 cm³/mol. The number of nitrogens with zero attached hydrogens (tertiary/aromatic N) is 4. The molecule has 0 atom stereocenters. The van der Waals surface area contributed by atoms with Crippen molar-refractivity contribution in [2.24, 2.45) is 7.05 Å². The van der Waals surface area contributed by atoms with Gasteiger partial charge in [-0.2, -0.15) is 10.2 Å². The van der Waals surface area contributed by atoms with Crippen LogP contribution in [-0.4, -0.2) is 24.5 Å². The minimum atomic E-state index is 0.613. The normalized spacial score (nSPS) is 11.0. The molecule has 1 N–H and O–H groups in total. The van der Waals surface area contributed by atoms with Crippen LogP contribution >= 0.6 is 28.1 Å². The van der Waals surface area contributed by atoms with E-state index in [1.807, 2.05) is 30.1 Å². The van der Waals surface area contributed by atoms with Crippen LogP contribution in [0.1, 0.15) is 17.2 Å². The number of aromatic amines is 1. The molecule has 0 radical (unpaired) electrons. The number of hydrogen-bond acceptors (Lipinski definition) is 3. The maximum Gasteiger partial charge on any atom is 0.194 e. The molecule has 2 rings (SSSR count). The molecule has 0 aliphatic rings. The highest BCUT2D eigenvalue weighted by molar-refractivity contribution is 9.10. The van der Waals surface area contributed by atoms with Crippen LogP contribution < -0.4 is 0 Å². The summed E-state index contributed by atoms with van der Waals surface area (Å²) in [5.41, 5.74) is 2.07. The quantitative estimate of drug-likeness (QED) is 0.864. The van der Waals surface area contributed by atoms with Gasteiger partial charge in [0.2, 0.25) is 0 Å². The fourth-order valence-corrected chi connectivity index (χ4v) is 1.92. The van der Waals surface area contributed by atoms with Crippen molar-refractivity contribution in [1.82, 2.24) is 24.5 Å². The van der Waals surface area contributed by atoms with Gasteiger partial charge in [0.1, 0.15) is 6.54 Å². The van der Waals surface area contributed by atoms with E-state index in [9.17, 15) is 0 Å². The van der Waals surface area contributed by atoms with Crippen LogP contribution in [0.5, 0.6) is 0 Å². The standard InChI is InChI=1S/C9H12BrN5S/c1-5-8(10)6(2)15(13-5)4-7-11-12-9(16)14(7)3/h4H2,1-3H3,(H,12,16). The Labute approximate surface area is 107 Å². The Balaban J connectivity index is 2.38. The van der Waals surface area contributed by atoms with E-state index < -0.39 is 0 Å². The second-order valence-corrected chi connectivity index (χ2v) is 4.83. The summed E-state index contributed by atoms with van der Waals surface area (Å²) in [6.07, 6.45) is 0. The molecule has 0 aliphatic heterocycles. The summed E-state index contributed by atoms with van der Waals surface area (Å²) < 4.78 is 5.42. The highest BCUT2D eigenvalue weighted by Gasteiger charge is 2.11. The highest BCUT2D eigenvalue weighted by atomic mass is 79.9. The first-order valence-corrected chi connectivity index (χ1v) is 6.00. The zero-order valence-electron chi connectivity index (χ0n) is 9.28. The van der Waals surface area contributed by atoms with Gasteiger partial charge < -0.3 is 4.57 Å². The molecule has 7 heteroatoms. The van der Waals surface area contributed by atoms with E-state index in [2.05, 4.69) is 31.2 Å². The van der Waals surface area contributed by atoms with E-state index in [0.717, 1.165) is 21.7 Å². The third kappa shape index (κ3) is 1.84. The van der Waals surface area contributed by atoms with Crippen molar-refractivity contribution in [2.75, 3.05) is 0 Å². The van der Waals surface area contributed by atoms with E-state index in [1.165, 1.54) is 0 Å². The largest absolute Gasteiger partial charge is 0.306 e. The number of H-pyrrole nitrogens is 1. The summed E-state index contributed by atoms with van der Waals surface area (Å²) in [6, 6.07) is 0. The molecule has 0 amide bonds. The summed E-state index contributed by atoms with van der Waals surface area (Å²) in [4.78, 5) is 0. The molecule has 16 heavy (non-hydrogen) atoms. The molecule has 0 bridgehead atoms. The van der Waals surface area contributed by atoms with Gasteiger partial charge in [-0.1, -0.05) is 0 Å². The van der Waals surface area contributed by atoms with E-state index in [4.69, 9.17) is 12.2 Å². The predicted octanol–water partition coefficient (Wildman–Crippen LogP) is 2.10. The summed E-state index contributed by atoms with van der Waals surface area (Å²) in [5, 5.41) is 11.3. The SMILES string of the molecule is Cc1nn(Cc2n[nH]c(=S)n2C)c(C)c1Br. The van der Waals surface area contributed by atoms with Gasteiger partial charge in [-0.15, -0.1) is 0 Å². The molecule has 0 saturated carbocycles. The minimum absolute atomic E-state index is 0.613. The first-order chi connectivity index (χ1) is 7.50. The molecule has 2 aromatic heterocycles. The van der Waals surface area contributed by atoms with Crippen LogP contribution in [-0.2, 0) is 13.6 Å². The van der Waals surface area contributed by atoms with Crippen molar-refractivity contribution in [2.45, 2.75) is 20.4 Å². The van der Waals surface area contributed by atoms with Gasteiger partial charge in [-0.3, -0.25) is 9.78 Å². The molecule has 0 spiro atoms. The molecule has 0 fully saturated rings. The lowest BCUT2D eigenvalue weighted by atomic mass is 10.4. The first-order valence-electron chi connectivity index (χ1n) is 4.80. The van der Waals surface area contributed by atoms with Gasteiger partial charge in [0, 0.05) is 7.05 Å². The van der Waals surface area contributed by atoms with Crippen molar-refractivity contribution in [3.8, 4) is 0 Å². The van der Waals surface area contributed by atoms with Crippen molar-refractivity contribution >= 4 is 28.1 Å². The number of hydrogen-bond donors (Lipinski definition) is 1. The molecular formula is C9H12BrN5S.